The van der Waals surface area contributed by atoms with Gasteiger partial charge in [-0.2, -0.15) is 0 Å². The van der Waals surface area contributed by atoms with Gasteiger partial charge in [-0.3, -0.25) is 9.59 Å². The van der Waals surface area contributed by atoms with Crippen LogP contribution in [0.3, 0.4) is 0 Å². The van der Waals surface area contributed by atoms with Gasteiger partial charge < -0.3 is 16.2 Å². The largest absolute Gasteiger partial charge is 0.480 e. The molecule has 5 heteroatoms. The predicted octanol–water partition coefficient (Wildman–Crippen LogP) is 1.11. The molecule has 0 aliphatic rings. The van der Waals surface area contributed by atoms with E-state index in [0.717, 1.165) is 5.56 Å². The monoisotopic (exact) mass is 264 g/mol. The number of amides is 1. The second kappa shape index (κ2) is 6.89. The fourth-order valence-electron chi connectivity index (χ4n) is 1.75. The summed E-state index contributed by atoms with van der Waals surface area (Å²) in [6.45, 7) is 4.50. The number of aliphatic carboxylic acids is 1. The van der Waals surface area contributed by atoms with Gasteiger partial charge in [0.05, 0.1) is 0 Å². The minimum Gasteiger partial charge on any atom is -0.480 e. The number of hydrogen-bond acceptors (Lipinski definition) is 3. The fourth-order valence-corrected chi connectivity index (χ4v) is 1.75. The van der Waals surface area contributed by atoms with Gasteiger partial charge in [0.2, 0.25) is 5.91 Å². The van der Waals surface area contributed by atoms with Crippen molar-refractivity contribution in [3.05, 3.63) is 34.9 Å². The van der Waals surface area contributed by atoms with Crippen LogP contribution in [0.4, 0.5) is 0 Å². The molecule has 0 aliphatic heterocycles. The number of nitrogens with two attached hydrogens (primary N) is 1. The molecule has 19 heavy (non-hydrogen) atoms. The summed E-state index contributed by atoms with van der Waals surface area (Å²) in [6, 6.07) is 5.23. The topological polar surface area (TPSA) is 92.4 Å². The summed E-state index contributed by atoms with van der Waals surface area (Å²) in [6.07, 6.45) is 0.270. The molecule has 1 rings (SSSR count). The van der Waals surface area contributed by atoms with E-state index in [1.54, 1.807) is 0 Å². The minimum atomic E-state index is -0.968. The second-order valence-corrected chi connectivity index (χ2v) is 4.70. The van der Waals surface area contributed by atoms with Crippen molar-refractivity contribution in [1.29, 1.82) is 0 Å². The summed E-state index contributed by atoms with van der Waals surface area (Å²) in [5, 5.41) is 12.0. The van der Waals surface area contributed by atoms with E-state index in [4.69, 9.17) is 10.8 Å². The highest BCUT2D eigenvalue weighted by atomic mass is 16.4. The lowest BCUT2D eigenvalue weighted by molar-refractivity contribution is -0.139. The molecule has 0 fully saturated rings. The lowest BCUT2D eigenvalue weighted by Gasteiger charge is -2.14. The molecule has 0 aliphatic carbocycles. The third kappa shape index (κ3) is 5.09. The maximum absolute atomic E-state index is 11.0. The van der Waals surface area contributed by atoms with E-state index in [1.807, 2.05) is 32.0 Å². The Hall–Kier alpha value is -1.88. The third-order valence-electron chi connectivity index (χ3n) is 3.10. The van der Waals surface area contributed by atoms with Crippen molar-refractivity contribution in [2.75, 3.05) is 0 Å². The summed E-state index contributed by atoms with van der Waals surface area (Å²) >= 11 is 0. The molecule has 1 aromatic carbocycles. The molecule has 0 spiro atoms. The lowest BCUT2D eigenvalue weighted by atomic mass is 10.1. The van der Waals surface area contributed by atoms with Gasteiger partial charge in [-0.1, -0.05) is 18.2 Å². The maximum atomic E-state index is 11.0. The quantitative estimate of drug-likeness (QED) is 0.688. The molecule has 0 saturated carbocycles. The molecule has 1 aromatic rings. The van der Waals surface area contributed by atoms with Crippen LogP contribution >= 0.6 is 0 Å². The zero-order chi connectivity index (χ0) is 14.4. The van der Waals surface area contributed by atoms with Crippen LogP contribution in [-0.2, 0) is 16.1 Å². The van der Waals surface area contributed by atoms with Gasteiger partial charge in [0.15, 0.2) is 0 Å². The smallest absolute Gasteiger partial charge is 0.320 e. The number of nitrogens with one attached hydrogen (secondary N) is 1. The van der Waals surface area contributed by atoms with Crippen molar-refractivity contribution in [3.63, 3.8) is 0 Å². The molecule has 5 nitrogen and oxygen atoms in total. The summed E-state index contributed by atoms with van der Waals surface area (Å²) in [4.78, 5) is 21.7. The first kappa shape index (κ1) is 15.2. The minimum absolute atomic E-state index is 0.0664. The van der Waals surface area contributed by atoms with E-state index in [1.165, 1.54) is 11.1 Å². The van der Waals surface area contributed by atoms with Crippen LogP contribution in [0.5, 0.6) is 0 Å². The zero-order valence-electron chi connectivity index (χ0n) is 11.3. The van der Waals surface area contributed by atoms with Crippen LogP contribution in [0.2, 0.25) is 0 Å². The van der Waals surface area contributed by atoms with Gasteiger partial charge in [-0.15, -0.1) is 0 Å². The van der Waals surface area contributed by atoms with Gasteiger partial charge in [0, 0.05) is 13.0 Å². The zero-order valence-corrected chi connectivity index (χ0v) is 11.3. The Morgan fingerprint density at radius 3 is 2.53 bits per heavy atom. The van der Waals surface area contributed by atoms with Crippen molar-refractivity contribution < 1.29 is 14.7 Å². The van der Waals surface area contributed by atoms with E-state index >= 15 is 0 Å². The normalized spacial score (nSPS) is 12.1. The number of rotatable bonds is 7. The fraction of sp³-hybridized carbons (Fsp3) is 0.429. The van der Waals surface area contributed by atoms with Crippen molar-refractivity contribution >= 4 is 11.9 Å². The molecule has 0 unspecified atom stereocenters. The van der Waals surface area contributed by atoms with Crippen LogP contribution in [0.25, 0.3) is 0 Å². The first-order valence-electron chi connectivity index (χ1n) is 6.20. The number of carbonyl (C=O) groups excluding carboxylic acids is 1. The average molecular weight is 264 g/mol. The van der Waals surface area contributed by atoms with Gasteiger partial charge >= 0.3 is 5.97 Å². The molecule has 1 amide bonds. The summed E-state index contributed by atoms with van der Waals surface area (Å²) < 4.78 is 0. The Kier molecular flexibility index (Phi) is 5.51. The molecule has 1 atom stereocenters. The molecule has 0 heterocycles. The van der Waals surface area contributed by atoms with Crippen molar-refractivity contribution in [2.24, 2.45) is 5.73 Å². The van der Waals surface area contributed by atoms with Gasteiger partial charge in [0.1, 0.15) is 6.04 Å². The van der Waals surface area contributed by atoms with Crippen molar-refractivity contribution in [3.8, 4) is 0 Å². The van der Waals surface area contributed by atoms with Gasteiger partial charge in [0.25, 0.3) is 0 Å². The SMILES string of the molecule is Cc1ccc(CN[C@@H](CCC(N)=O)C(=O)O)cc1C. The van der Waals surface area contributed by atoms with Crippen molar-refractivity contribution in [2.45, 2.75) is 39.3 Å². The Morgan fingerprint density at radius 1 is 1.32 bits per heavy atom. The molecular formula is C14H20N2O3. The maximum Gasteiger partial charge on any atom is 0.320 e. The van der Waals surface area contributed by atoms with Crippen LogP contribution < -0.4 is 11.1 Å². The van der Waals surface area contributed by atoms with Crippen LogP contribution in [0, 0.1) is 13.8 Å². The molecular weight excluding hydrogens is 244 g/mol. The average Bonchev–Trinajstić information content (AvgIpc) is 2.32. The number of primary amides is 1. The van der Waals surface area contributed by atoms with Crippen LogP contribution in [0.15, 0.2) is 18.2 Å². The summed E-state index contributed by atoms with van der Waals surface area (Å²) in [7, 11) is 0. The van der Waals surface area contributed by atoms with Crippen LogP contribution in [0.1, 0.15) is 29.5 Å². The van der Waals surface area contributed by atoms with Crippen molar-refractivity contribution in [1.82, 2.24) is 5.32 Å². The number of aryl methyl sites for hydroxylation is 2. The highest BCUT2D eigenvalue weighted by molar-refractivity contribution is 5.77. The predicted molar refractivity (Wildman–Crippen MR) is 72.6 cm³/mol. The number of carboxylic acids is 1. The van der Waals surface area contributed by atoms with Crippen LogP contribution in [-0.4, -0.2) is 23.0 Å². The molecule has 4 N–H and O–H groups in total. The molecule has 0 radical (unpaired) electrons. The van der Waals surface area contributed by atoms with Gasteiger partial charge in [-0.05, 0) is 37.0 Å². The molecule has 104 valence electrons. The number of hydrogen-bond donors (Lipinski definition) is 3. The third-order valence-corrected chi connectivity index (χ3v) is 3.10. The highest BCUT2D eigenvalue weighted by Gasteiger charge is 2.17. The number of carboxylic acid groups (broad SMARTS) is 1. The summed E-state index contributed by atoms with van der Waals surface area (Å²) in [5.41, 5.74) is 8.42. The first-order valence-corrected chi connectivity index (χ1v) is 6.20. The van der Waals surface area contributed by atoms with E-state index in [2.05, 4.69) is 5.32 Å². The standard InChI is InChI=1S/C14H20N2O3/c1-9-3-4-11(7-10(9)2)8-16-12(14(18)19)5-6-13(15)17/h3-4,7,12,16H,5-6,8H2,1-2H3,(H2,15,17)(H,18,19)/t12-/m0/s1. The Bertz CT molecular complexity index is 472. The summed E-state index contributed by atoms with van der Waals surface area (Å²) in [5.74, 6) is -1.45. The first-order chi connectivity index (χ1) is 8.90. The molecule has 0 saturated heterocycles. The second-order valence-electron chi connectivity index (χ2n) is 4.70. The number of benzene rings is 1. The van der Waals surface area contributed by atoms with E-state index in [0.29, 0.717) is 6.54 Å². The molecule has 0 aromatic heterocycles. The van der Waals surface area contributed by atoms with E-state index in [-0.39, 0.29) is 12.8 Å². The highest BCUT2D eigenvalue weighted by Crippen LogP contribution is 2.10. The van der Waals surface area contributed by atoms with Gasteiger partial charge in [-0.25, -0.2) is 0 Å². The van der Waals surface area contributed by atoms with E-state index in [9.17, 15) is 9.59 Å². The Balaban J connectivity index is 2.57. The molecule has 0 bridgehead atoms. The lowest BCUT2D eigenvalue weighted by Crippen LogP contribution is -2.37. The Labute approximate surface area is 112 Å². The van der Waals surface area contributed by atoms with E-state index < -0.39 is 17.9 Å². The Morgan fingerprint density at radius 2 is 2.00 bits per heavy atom. The number of carbonyl (C=O) groups is 2.